The zero-order valence-electron chi connectivity index (χ0n) is 10.2. The molecule has 0 fully saturated rings. The summed E-state index contributed by atoms with van der Waals surface area (Å²) in [5, 5.41) is 11.0. The summed E-state index contributed by atoms with van der Waals surface area (Å²) in [7, 11) is 0. The number of aryl methyl sites for hydroxylation is 2. The largest absolute Gasteiger partial charge is 0.384 e. The lowest BCUT2D eigenvalue weighted by molar-refractivity contribution is 0.218. The van der Waals surface area contributed by atoms with E-state index in [2.05, 4.69) is 0 Å². The third-order valence-electron chi connectivity index (χ3n) is 3.06. The molecule has 0 aliphatic heterocycles. The molecule has 0 bridgehead atoms. The van der Waals surface area contributed by atoms with Crippen LogP contribution >= 0.6 is 11.6 Å². The molecular weight excluding hydrogens is 251 g/mol. The van der Waals surface area contributed by atoms with Crippen LogP contribution in [0, 0.1) is 19.7 Å². The molecule has 3 heteroatoms. The van der Waals surface area contributed by atoms with Crippen molar-refractivity contribution in [2.24, 2.45) is 0 Å². The van der Waals surface area contributed by atoms with E-state index < -0.39 is 6.10 Å². The first-order valence-corrected chi connectivity index (χ1v) is 6.07. The molecule has 94 valence electrons. The van der Waals surface area contributed by atoms with Crippen molar-refractivity contribution in [1.29, 1.82) is 0 Å². The molecule has 2 aromatic rings. The number of aliphatic hydroxyl groups excluding tert-OH is 1. The van der Waals surface area contributed by atoms with Crippen molar-refractivity contribution in [3.8, 4) is 0 Å². The van der Waals surface area contributed by atoms with Crippen LogP contribution in [0.1, 0.15) is 28.4 Å². The molecule has 2 aromatic carbocycles. The Labute approximate surface area is 111 Å². The zero-order valence-corrected chi connectivity index (χ0v) is 11.0. The highest BCUT2D eigenvalue weighted by atomic mass is 35.5. The third-order valence-corrected chi connectivity index (χ3v) is 3.30. The number of benzene rings is 2. The summed E-state index contributed by atoms with van der Waals surface area (Å²) in [6.45, 7) is 3.69. The molecule has 1 nitrogen and oxygen atoms in total. The van der Waals surface area contributed by atoms with Crippen LogP contribution in [0.3, 0.4) is 0 Å². The van der Waals surface area contributed by atoms with Gasteiger partial charge in [-0.05, 0) is 60.4 Å². The van der Waals surface area contributed by atoms with Crippen LogP contribution < -0.4 is 0 Å². The Morgan fingerprint density at radius 3 is 2.39 bits per heavy atom. The van der Waals surface area contributed by atoms with Crippen LogP contribution in [-0.4, -0.2) is 5.11 Å². The van der Waals surface area contributed by atoms with Gasteiger partial charge in [-0.1, -0.05) is 23.7 Å². The SMILES string of the molecule is Cc1cc(F)ccc1C(O)c1cc(Cl)ccc1C. The number of hydrogen-bond acceptors (Lipinski definition) is 1. The second-order valence-electron chi connectivity index (χ2n) is 4.40. The van der Waals surface area contributed by atoms with E-state index in [-0.39, 0.29) is 5.82 Å². The lowest BCUT2D eigenvalue weighted by Crippen LogP contribution is -2.04. The molecule has 0 saturated carbocycles. The summed E-state index contributed by atoms with van der Waals surface area (Å²) in [5.41, 5.74) is 3.12. The number of aliphatic hydroxyl groups is 1. The fraction of sp³-hybridized carbons (Fsp3) is 0.200. The van der Waals surface area contributed by atoms with E-state index in [1.54, 1.807) is 25.1 Å². The zero-order chi connectivity index (χ0) is 13.3. The first kappa shape index (κ1) is 13.1. The first-order chi connectivity index (χ1) is 8.49. The van der Waals surface area contributed by atoms with Crippen molar-refractivity contribution in [3.05, 3.63) is 69.5 Å². The highest BCUT2D eigenvalue weighted by Gasteiger charge is 2.15. The van der Waals surface area contributed by atoms with Gasteiger partial charge in [0.2, 0.25) is 0 Å². The van der Waals surface area contributed by atoms with E-state index >= 15 is 0 Å². The van der Waals surface area contributed by atoms with E-state index in [0.717, 1.165) is 16.7 Å². The second kappa shape index (κ2) is 5.09. The molecule has 0 amide bonds. The highest BCUT2D eigenvalue weighted by Crippen LogP contribution is 2.29. The molecule has 0 spiro atoms. The van der Waals surface area contributed by atoms with E-state index in [9.17, 15) is 9.50 Å². The lowest BCUT2D eigenvalue weighted by atomic mass is 9.94. The Morgan fingerprint density at radius 2 is 1.72 bits per heavy atom. The van der Waals surface area contributed by atoms with Gasteiger partial charge in [0.25, 0.3) is 0 Å². The van der Waals surface area contributed by atoms with E-state index in [0.29, 0.717) is 10.6 Å². The summed E-state index contributed by atoms with van der Waals surface area (Å²) >= 11 is 5.94. The summed E-state index contributed by atoms with van der Waals surface area (Å²) in [6, 6.07) is 9.76. The van der Waals surface area contributed by atoms with Crippen molar-refractivity contribution in [2.45, 2.75) is 20.0 Å². The Kier molecular flexibility index (Phi) is 3.69. The van der Waals surface area contributed by atoms with Crippen molar-refractivity contribution in [1.82, 2.24) is 0 Å². The minimum absolute atomic E-state index is 0.300. The molecule has 0 aromatic heterocycles. The average Bonchev–Trinajstić information content (AvgIpc) is 2.31. The van der Waals surface area contributed by atoms with Crippen LogP contribution in [0.4, 0.5) is 4.39 Å². The smallest absolute Gasteiger partial charge is 0.123 e. The summed E-state index contributed by atoms with van der Waals surface area (Å²) in [5.74, 6) is -0.300. The molecule has 0 aliphatic rings. The minimum Gasteiger partial charge on any atom is -0.384 e. The maximum absolute atomic E-state index is 13.1. The fourth-order valence-corrected chi connectivity index (χ4v) is 2.20. The first-order valence-electron chi connectivity index (χ1n) is 5.69. The monoisotopic (exact) mass is 264 g/mol. The van der Waals surface area contributed by atoms with Crippen LogP contribution in [0.25, 0.3) is 0 Å². The molecule has 1 unspecified atom stereocenters. The van der Waals surface area contributed by atoms with Crippen molar-refractivity contribution in [3.63, 3.8) is 0 Å². The fourth-order valence-electron chi connectivity index (χ4n) is 2.02. The predicted molar refractivity (Wildman–Crippen MR) is 71.4 cm³/mol. The van der Waals surface area contributed by atoms with Gasteiger partial charge in [-0.15, -0.1) is 0 Å². The van der Waals surface area contributed by atoms with Crippen LogP contribution in [0.2, 0.25) is 5.02 Å². The van der Waals surface area contributed by atoms with Gasteiger partial charge in [-0.2, -0.15) is 0 Å². The highest BCUT2D eigenvalue weighted by molar-refractivity contribution is 6.30. The van der Waals surface area contributed by atoms with Crippen LogP contribution in [0.5, 0.6) is 0 Å². The van der Waals surface area contributed by atoms with Gasteiger partial charge in [-0.25, -0.2) is 4.39 Å². The van der Waals surface area contributed by atoms with Crippen LogP contribution in [-0.2, 0) is 0 Å². The Bertz CT molecular complexity index is 581. The van der Waals surface area contributed by atoms with E-state index in [1.807, 2.05) is 13.0 Å². The topological polar surface area (TPSA) is 20.2 Å². The van der Waals surface area contributed by atoms with Gasteiger partial charge in [-0.3, -0.25) is 0 Å². The molecule has 0 heterocycles. The van der Waals surface area contributed by atoms with Gasteiger partial charge < -0.3 is 5.11 Å². The third kappa shape index (κ3) is 2.55. The lowest BCUT2D eigenvalue weighted by Gasteiger charge is -2.16. The second-order valence-corrected chi connectivity index (χ2v) is 4.84. The Balaban J connectivity index is 2.47. The molecule has 2 rings (SSSR count). The predicted octanol–water partition coefficient (Wildman–Crippen LogP) is 4.18. The van der Waals surface area contributed by atoms with Gasteiger partial charge in [0.1, 0.15) is 11.9 Å². The van der Waals surface area contributed by atoms with Crippen molar-refractivity contribution in [2.75, 3.05) is 0 Å². The quantitative estimate of drug-likeness (QED) is 0.863. The Morgan fingerprint density at radius 1 is 1.00 bits per heavy atom. The maximum Gasteiger partial charge on any atom is 0.123 e. The summed E-state index contributed by atoms with van der Waals surface area (Å²) in [6.07, 6.45) is -0.788. The molecule has 1 N–H and O–H groups in total. The van der Waals surface area contributed by atoms with Crippen molar-refractivity contribution >= 4 is 11.6 Å². The van der Waals surface area contributed by atoms with Crippen molar-refractivity contribution < 1.29 is 9.50 Å². The standard InChI is InChI=1S/C15H14ClFO/c1-9-3-4-11(16)8-14(9)15(18)13-6-5-12(17)7-10(13)2/h3-8,15,18H,1-2H3. The average molecular weight is 265 g/mol. The van der Waals surface area contributed by atoms with Crippen LogP contribution in [0.15, 0.2) is 36.4 Å². The molecule has 18 heavy (non-hydrogen) atoms. The molecular formula is C15H14ClFO. The van der Waals surface area contributed by atoms with Gasteiger partial charge >= 0.3 is 0 Å². The van der Waals surface area contributed by atoms with Gasteiger partial charge in [0.15, 0.2) is 0 Å². The summed E-state index contributed by atoms with van der Waals surface area (Å²) in [4.78, 5) is 0. The molecule has 1 atom stereocenters. The number of rotatable bonds is 2. The number of hydrogen-bond donors (Lipinski definition) is 1. The molecule has 0 radical (unpaired) electrons. The minimum atomic E-state index is -0.788. The summed E-state index contributed by atoms with van der Waals surface area (Å²) < 4.78 is 13.1. The van der Waals surface area contributed by atoms with E-state index in [1.165, 1.54) is 12.1 Å². The van der Waals surface area contributed by atoms with Gasteiger partial charge in [0, 0.05) is 5.02 Å². The maximum atomic E-state index is 13.1. The molecule has 0 aliphatic carbocycles. The Hall–Kier alpha value is -1.38. The van der Waals surface area contributed by atoms with Gasteiger partial charge in [0.05, 0.1) is 0 Å². The normalized spacial score (nSPS) is 12.5. The molecule has 0 saturated heterocycles. The van der Waals surface area contributed by atoms with E-state index in [4.69, 9.17) is 11.6 Å². The number of halogens is 2.